The minimum atomic E-state index is -1.24. The van der Waals surface area contributed by atoms with Crippen molar-refractivity contribution >= 4 is 17.9 Å². The van der Waals surface area contributed by atoms with Gasteiger partial charge in [0.15, 0.2) is 18.4 Å². The van der Waals surface area contributed by atoms with Gasteiger partial charge in [-0.1, -0.05) is 12.1 Å². The molecule has 0 spiro atoms. The molecule has 3 rings (SSSR count). The van der Waals surface area contributed by atoms with Crippen LogP contribution in [0, 0.1) is 0 Å². The first-order valence-corrected chi connectivity index (χ1v) is 10.3. The third-order valence-corrected chi connectivity index (χ3v) is 5.09. The topological polar surface area (TPSA) is 140 Å². The van der Waals surface area contributed by atoms with Gasteiger partial charge in [-0.15, -0.1) is 0 Å². The Hall–Kier alpha value is -3.86. The van der Waals surface area contributed by atoms with Gasteiger partial charge in [0.2, 0.25) is 0 Å². The van der Waals surface area contributed by atoms with Gasteiger partial charge in [-0.05, 0) is 23.8 Å². The molecule has 182 valence electrons. The van der Waals surface area contributed by atoms with Crippen LogP contribution in [0.4, 0.5) is 0 Å². The molecular formula is C23H25NO10. The predicted molar refractivity (Wildman–Crippen MR) is 116 cm³/mol. The van der Waals surface area contributed by atoms with Crippen LogP contribution < -0.4 is 10.3 Å². The number of nitrogens with zero attached hydrogens (tertiary/aromatic N) is 1. The van der Waals surface area contributed by atoms with Gasteiger partial charge in [-0.25, -0.2) is 0 Å². The number of aromatic hydroxyl groups is 1. The molecule has 2 heterocycles. The molecule has 1 saturated heterocycles. The van der Waals surface area contributed by atoms with Crippen molar-refractivity contribution in [1.29, 1.82) is 0 Å². The number of hydrogen-bond acceptors (Lipinski definition) is 10. The molecule has 1 aliphatic rings. The van der Waals surface area contributed by atoms with E-state index in [1.807, 2.05) is 0 Å². The van der Waals surface area contributed by atoms with Crippen molar-refractivity contribution in [2.75, 3.05) is 13.7 Å². The number of ether oxygens (including phenoxy) is 5. The molecular weight excluding hydrogens is 450 g/mol. The molecule has 0 amide bonds. The Bertz CT molecular complexity index is 1120. The van der Waals surface area contributed by atoms with E-state index < -0.39 is 48.0 Å². The predicted octanol–water partition coefficient (Wildman–Crippen LogP) is 1.55. The molecule has 0 saturated carbocycles. The highest BCUT2D eigenvalue weighted by molar-refractivity contribution is 5.70. The zero-order valence-electron chi connectivity index (χ0n) is 19.0. The van der Waals surface area contributed by atoms with Crippen molar-refractivity contribution in [3.8, 4) is 22.6 Å². The van der Waals surface area contributed by atoms with Crippen LogP contribution in [0.15, 0.2) is 41.3 Å². The maximum atomic E-state index is 13.4. The van der Waals surface area contributed by atoms with Gasteiger partial charge in [0.25, 0.3) is 5.56 Å². The second-order valence-corrected chi connectivity index (χ2v) is 7.53. The number of benzene rings is 1. The van der Waals surface area contributed by atoms with Crippen LogP contribution in [-0.4, -0.2) is 59.6 Å². The van der Waals surface area contributed by atoms with Gasteiger partial charge in [0, 0.05) is 27.0 Å². The lowest BCUT2D eigenvalue weighted by molar-refractivity contribution is -0.166. The molecule has 1 N–H and O–H groups in total. The maximum Gasteiger partial charge on any atom is 0.303 e. The second kappa shape index (κ2) is 10.4. The third kappa shape index (κ3) is 5.37. The van der Waals surface area contributed by atoms with Crippen LogP contribution in [0.1, 0.15) is 27.0 Å². The molecule has 0 aliphatic carbocycles. The van der Waals surface area contributed by atoms with Crippen molar-refractivity contribution in [3.63, 3.8) is 0 Å². The summed E-state index contributed by atoms with van der Waals surface area (Å²) in [5, 5.41) is 10.4. The molecule has 2 unspecified atom stereocenters. The Morgan fingerprint density at radius 2 is 1.59 bits per heavy atom. The zero-order valence-corrected chi connectivity index (χ0v) is 19.0. The molecule has 2 aromatic rings. The quantitative estimate of drug-likeness (QED) is 0.463. The molecule has 0 bridgehead atoms. The van der Waals surface area contributed by atoms with Gasteiger partial charge in [0.05, 0.1) is 12.7 Å². The lowest BCUT2D eigenvalue weighted by Gasteiger charge is -2.24. The summed E-state index contributed by atoms with van der Waals surface area (Å²) in [7, 11) is 1.50. The number of methoxy groups -OCH3 is 1. The van der Waals surface area contributed by atoms with Crippen LogP contribution >= 0.6 is 0 Å². The lowest BCUT2D eigenvalue weighted by atomic mass is 10.1. The summed E-state index contributed by atoms with van der Waals surface area (Å²) in [5.74, 6) is -1.70. The van der Waals surface area contributed by atoms with Gasteiger partial charge in [-0.3, -0.25) is 23.7 Å². The summed E-state index contributed by atoms with van der Waals surface area (Å²) in [4.78, 5) is 48.3. The fourth-order valence-electron chi connectivity index (χ4n) is 3.69. The first kappa shape index (κ1) is 24.8. The smallest absolute Gasteiger partial charge is 0.303 e. The summed E-state index contributed by atoms with van der Waals surface area (Å²) in [6.07, 6.45) is -3.37. The van der Waals surface area contributed by atoms with Gasteiger partial charge in [-0.2, -0.15) is 0 Å². The highest BCUT2D eigenvalue weighted by Crippen LogP contribution is 2.35. The molecule has 34 heavy (non-hydrogen) atoms. The normalized spacial score (nSPS) is 21.5. The van der Waals surface area contributed by atoms with E-state index in [2.05, 4.69) is 0 Å². The van der Waals surface area contributed by atoms with Gasteiger partial charge in [0.1, 0.15) is 24.2 Å². The average molecular weight is 475 g/mol. The van der Waals surface area contributed by atoms with Crippen LogP contribution in [0.3, 0.4) is 0 Å². The number of hydrogen-bond donors (Lipinski definition) is 1. The number of aromatic nitrogens is 1. The fourth-order valence-corrected chi connectivity index (χ4v) is 3.69. The first-order chi connectivity index (χ1) is 16.1. The Kier molecular flexibility index (Phi) is 7.57. The number of pyridine rings is 1. The Labute approximate surface area is 194 Å². The molecule has 11 heteroatoms. The number of rotatable bonds is 7. The van der Waals surface area contributed by atoms with Crippen molar-refractivity contribution < 1.29 is 43.2 Å². The molecule has 1 aromatic heterocycles. The SMILES string of the molecule is COc1ccc(-c2c(O)ccn([C@@H]3O[C@H](COC(C)=O)C(OC(C)=O)C3OC(C)=O)c2=O)cc1. The summed E-state index contributed by atoms with van der Waals surface area (Å²) >= 11 is 0. The minimum absolute atomic E-state index is 0.0252. The molecule has 11 nitrogen and oxygen atoms in total. The Balaban J connectivity index is 2.07. The second-order valence-electron chi connectivity index (χ2n) is 7.53. The van der Waals surface area contributed by atoms with Gasteiger partial charge < -0.3 is 28.8 Å². The summed E-state index contributed by atoms with van der Waals surface area (Å²) in [6, 6.07) is 7.75. The fraction of sp³-hybridized carbons (Fsp3) is 0.391. The van der Waals surface area contributed by atoms with E-state index in [4.69, 9.17) is 23.7 Å². The van der Waals surface area contributed by atoms with Crippen LogP contribution in [-0.2, 0) is 33.3 Å². The largest absolute Gasteiger partial charge is 0.507 e. The van der Waals surface area contributed by atoms with E-state index in [9.17, 15) is 24.3 Å². The van der Waals surface area contributed by atoms with Crippen LogP contribution in [0.25, 0.3) is 11.1 Å². The van der Waals surface area contributed by atoms with E-state index in [0.717, 1.165) is 18.4 Å². The average Bonchev–Trinajstić information content (AvgIpc) is 3.08. The minimum Gasteiger partial charge on any atom is -0.507 e. The lowest BCUT2D eigenvalue weighted by Crippen LogP contribution is -2.41. The molecule has 1 aromatic carbocycles. The number of esters is 3. The van der Waals surface area contributed by atoms with E-state index >= 15 is 0 Å². The van der Waals surface area contributed by atoms with E-state index in [1.54, 1.807) is 24.3 Å². The van der Waals surface area contributed by atoms with Crippen molar-refractivity contribution in [2.24, 2.45) is 0 Å². The zero-order chi connectivity index (χ0) is 25.0. The Morgan fingerprint density at radius 3 is 2.15 bits per heavy atom. The molecule has 0 radical (unpaired) electrons. The van der Waals surface area contributed by atoms with Crippen LogP contribution in [0.5, 0.6) is 11.5 Å². The first-order valence-electron chi connectivity index (χ1n) is 10.3. The molecule has 4 atom stereocenters. The number of carbonyl (C=O) groups excluding carboxylic acids is 3. The van der Waals surface area contributed by atoms with Crippen molar-refractivity contribution in [1.82, 2.24) is 4.57 Å². The van der Waals surface area contributed by atoms with Crippen molar-refractivity contribution in [2.45, 2.75) is 45.3 Å². The van der Waals surface area contributed by atoms with Crippen molar-refractivity contribution in [3.05, 3.63) is 46.9 Å². The Morgan fingerprint density at radius 1 is 0.971 bits per heavy atom. The highest BCUT2D eigenvalue weighted by atomic mass is 16.7. The third-order valence-electron chi connectivity index (χ3n) is 5.09. The molecule has 1 fully saturated rings. The summed E-state index contributed by atoms with van der Waals surface area (Å²) < 4.78 is 27.8. The summed E-state index contributed by atoms with van der Waals surface area (Å²) in [6.45, 7) is 3.21. The summed E-state index contributed by atoms with van der Waals surface area (Å²) in [5.41, 5.74) is -0.266. The van der Waals surface area contributed by atoms with Gasteiger partial charge >= 0.3 is 17.9 Å². The van der Waals surface area contributed by atoms with E-state index in [1.165, 1.54) is 26.3 Å². The highest BCUT2D eigenvalue weighted by Gasteiger charge is 2.51. The monoisotopic (exact) mass is 475 g/mol. The van der Waals surface area contributed by atoms with E-state index in [0.29, 0.717) is 11.3 Å². The van der Waals surface area contributed by atoms with E-state index in [-0.39, 0.29) is 17.9 Å². The molecule has 1 aliphatic heterocycles. The standard InChI is InChI=1S/C23H25NO10/c1-12(25)31-11-18-20(32-13(2)26)21(33-14(3)27)23(34-18)24-10-9-17(28)19(22(24)29)15-5-7-16(30-4)8-6-15/h5-10,18,20-21,23,28H,11H2,1-4H3/t18-,20?,21?,23-/m1/s1. The van der Waals surface area contributed by atoms with Crippen LogP contribution in [0.2, 0.25) is 0 Å². The number of carbonyl (C=O) groups is 3. The maximum absolute atomic E-state index is 13.4.